The van der Waals surface area contributed by atoms with E-state index in [2.05, 4.69) is 11.9 Å². The Kier molecular flexibility index (Phi) is 4.20. The van der Waals surface area contributed by atoms with Gasteiger partial charge in [-0.2, -0.15) is 0 Å². The molecule has 0 saturated carbocycles. The molecule has 2 amide bonds. The SMILES string of the molecule is C=C(CC)C(O)N(C)C1CCC(=O)NC1=O. The number of rotatable bonds is 4. The highest BCUT2D eigenvalue weighted by atomic mass is 16.3. The Morgan fingerprint density at radius 3 is 2.81 bits per heavy atom. The Balaban J connectivity index is 2.66. The Morgan fingerprint density at radius 2 is 2.31 bits per heavy atom. The minimum Gasteiger partial charge on any atom is -0.374 e. The van der Waals surface area contributed by atoms with Gasteiger partial charge in [0.1, 0.15) is 6.23 Å². The van der Waals surface area contributed by atoms with E-state index in [1.807, 2.05) is 6.92 Å². The molecule has 0 aromatic rings. The van der Waals surface area contributed by atoms with Crippen LogP contribution in [-0.4, -0.2) is 41.1 Å². The molecule has 5 nitrogen and oxygen atoms in total. The number of nitrogens with zero attached hydrogens (tertiary/aromatic N) is 1. The molecule has 2 unspecified atom stereocenters. The lowest BCUT2D eigenvalue weighted by atomic mass is 10.0. The van der Waals surface area contributed by atoms with E-state index < -0.39 is 12.3 Å². The highest BCUT2D eigenvalue weighted by Crippen LogP contribution is 2.16. The van der Waals surface area contributed by atoms with Gasteiger partial charge >= 0.3 is 0 Å². The lowest BCUT2D eigenvalue weighted by molar-refractivity contribution is -0.139. The molecule has 0 spiro atoms. The van der Waals surface area contributed by atoms with Gasteiger partial charge in [-0.25, -0.2) is 0 Å². The molecule has 1 rings (SSSR count). The minimum atomic E-state index is -0.839. The van der Waals surface area contributed by atoms with E-state index in [-0.39, 0.29) is 11.8 Å². The average molecular weight is 226 g/mol. The van der Waals surface area contributed by atoms with Crippen LogP contribution in [0.1, 0.15) is 26.2 Å². The van der Waals surface area contributed by atoms with Crippen LogP contribution in [0.2, 0.25) is 0 Å². The molecule has 2 atom stereocenters. The lowest BCUT2D eigenvalue weighted by Gasteiger charge is -2.33. The molecule has 1 fully saturated rings. The van der Waals surface area contributed by atoms with Crippen molar-refractivity contribution in [2.45, 2.75) is 38.5 Å². The average Bonchev–Trinajstić information content (AvgIpc) is 2.26. The number of carbonyl (C=O) groups is 2. The number of likely N-dealkylation sites (N-methyl/N-ethyl adjacent to an activating group) is 1. The summed E-state index contributed by atoms with van der Waals surface area (Å²) in [4.78, 5) is 24.1. The summed E-state index contributed by atoms with van der Waals surface area (Å²) in [5.41, 5.74) is 0.659. The molecule has 0 bridgehead atoms. The van der Waals surface area contributed by atoms with Crippen LogP contribution in [0.4, 0.5) is 0 Å². The van der Waals surface area contributed by atoms with Crippen molar-refractivity contribution in [3.05, 3.63) is 12.2 Å². The second-order valence-corrected chi connectivity index (χ2v) is 4.02. The topological polar surface area (TPSA) is 69.6 Å². The fraction of sp³-hybridized carbons (Fsp3) is 0.636. The first-order chi connectivity index (χ1) is 7.47. The van der Waals surface area contributed by atoms with Crippen molar-refractivity contribution in [1.82, 2.24) is 10.2 Å². The molecule has 1 aliphatic heterocycles. The number of hydrogen-bond acceptors (Lipinski definition) is 4. The zero-order valence-corrected chi connectivity index (χ0v) is 9.69. The zero-order valence-electron chi connectivity index (χ0n) is 9.69. The smallest absolute Gasteiger partial charge is 0.243 e. The van der Waals surface area contributed by atoms with Crippen molar-refractivity contribution in [3.8, 4) is 0 Å². The number of aliphatic hydroxyl groups excluding tert-OH is 1. The van der Waals surface area contributed by atoms with Gasteiger partial charge in [0.2, 0.25) is 11.8 Å². The van der Waals surface area contributed by atoms with Crippen LogP contribution in [0, 0.1) is 0 Å². The Morgan fingerprint density at radius 1 is 1.69 bits per heavy atom. The van der Waals surface area contributed by atoms with Crippen molar-refractivity contribution in [2.75, 3.05) is 7.05 Å². The van der Waals surface area contributed by atoms with Gasteiger partial charge in [0.25, 0.3) is 0 Å². The summed E-state index contributed by atoms with van der Waals surface area (Å²) in [6.45, 7) is 5.63. The highest BCUT2D eigenvalue weighted by molar-refractivity contribution is 6.00. The van der Waals surface area contributed by atoms with Crippen LogP contribution in [0.5, 0.6) is 0 Å². The van der Waals surface area contributed by atoms with E-state index >= 15 is 0 Å². The van der Waals surface area contributed by atoms with E-state index in [1.165, 1.54) is 0 Å². The van der Waals surface area contributed by atoms with Crippen LogP contribution in [0.25, 0.3) is 0 Å². The van der Waals surface area contributed by atoms with Gasteiger partial charge < -0.3 is 5.11 Å². The fourth-order valence-electron chi connectivity index (χ4n) is 1.71. The largest absolute Gasteiger partial charge is 0.374 e. The summed E-state index contributed by atoms with van der Waals surface area (Å²) >= 11 is 0. The predicted molar refractivity (Wildman–Crippen MR) is 59.4 cm³/mol. The van der Waals surface area contributed by atoms with Gasteiger partial charge in [-0.1, -0.05) is 13.5 Å². The number of nitrogens with one attached hydrogen (secondary N) is 1. The van der Waals surface area contributed by atoms with Crippen LogP contribution in [0.15, 0.2) is 12.2 Å². The molecular weight excluding hydrogens is 208 g/mol. The van der Waals surface area contributed by atoms with Crippen molar-refractivity contribution in [1.29, 1.82) is 0 Å². The van der Waals surface area contributed by atoms with Crippen LogP contribution < -0.4 is 5.32 Å². The molecule has 90 valence electrons. The van der Waals surface area contributed by atoms with Gasteiger partial charge in [-0.3, -0.25) is 19.8 Å². The Hall–Kier alpha value is -1.20. The molecule has 5 heteroatoms. The first kappa shape index (κ1) is 12.9. The van der Waals surface area contributed by atoms with E-state index in [4.69, 9.17) is 0 Å². The molecule has 0 radical (unpaired) electrons. The Labute approximate surface area is 95.1 Å². The predicted octanol–water partition coefficient (Wildman–Crippen LogP) is 0.00800. The second-order valence-electron chi connectivity index (χ2n) is 4.02. The molecule has 1 heterocycles. The fourth-order valence-corrected chi connectivity index (χ4v) is 1.71. The van der Waals surface area contributed by atoms with E-state index in [1.54, 1.807) is 11.9 Å². The quantitative estimate of drug-likeness (QED) is 0.402. The summed E-state index contributed by atoms with van der Waals surface area (Å²) in [5, 5.41) is 12.1. The maximum absolute atomic E-state index is 11.5. The maximum atomic E-state index is 11.5. The van der Waals surface area contributed by atoms with Crippen molar-refractivity contribution >= 4 is 11.8 Å². The standard InChI is InChI=1S/C11H18N2O3/c1-4-7(2)11(16)13(3)8-5-6-9(14)12-10(8)15/h8,11,16H,2,4-6H2,1,3H3,(H,12,14,15). The van der Waals surface area contributed by atoms with E-state index in [0.717, 1.165) is 0 Å². The molecule has 0 aromatic carbocycles. The first-order valence-electron chi connectivity index (χ1n) is 5.38. The first-order valence-corrected chi connectivity index (χ1v) is 5.38. The third-order valence-electron chi connectivity index (χ3n) is 2.91. The molecule has 0 aromatic heterocycles. The van der Waals surface area contributed by atoms with Crippen molar-refractivity contribution < 1.29 is 14.7 Å². The van der Waals surface area contributed by atoms with Gasteiger partial charge in [0.05, 0.1) is 6.04 Å². The lowest BCUT2D eigenvalue weighted by Crippen LogP contribution is -2.54. The monoisotopic (exact) mass is 226 g/mol. The number of aliphatic hydroxyl groups is 1. The number of piperidine rings is 1. The zero-order chi connectivity index (χ0) is 12.3. The van der Waals surface area contributed by atoms with Crippen molar-refractivity contribution in [3.63, 3.8) is 0 Å². The number of imide groups is 1. The van der Waals surface area contributed by atoms with Crippen LogP contribution in [-0.2, 0) is 9.59 Å². The maximum Gasteiger partial charge on any atom is 0.243 e. The molecule has 0 aliphatic carbocycles. The van der Waals surface area contributed by atoms with E-state index in [0.29, 0.717) is 24.8 Å². The van der Waals surface area contributed by atoms with Gasteiger partial charge in [0.15, 0.2) is 0 Å². The van der Waals surface area contributed by atoms with Crippen LogP contribution in [0.3, 0.4) is 0 Å². The second kappa shape index (κ2) is 5.23. The number of amides is 2. The van der Waals surface area contributed by atoms with Crippen LogP contribution >= 0.6 is 0 Å². The van der Waals surface area contributed by atoms with Crippen molar-refractivity contribution in [2.24, 2.45) is 0 Å². The molecule has 2 N–H and O–H groups in total. The highest BCUT2D eigenvalue weighted by Gasteiger charge is 2.32. The summed E-state index contributed by atoms with van der Waals surface area (Å²) in [7, 11) is 1.66. The molecular formula is C11H18N2O3. The van der Waals surface area contributed by atoms with Gasteiger partial charge in [0, 0.05) is 6.42 Å². The number of hydrogen-bond donors (Lipinski definition) is 2. The number of carbonyl (C=O) groups excluding carboxylic acids is 2. The summed E-state index contributed by atoms with van der Waals surface area (Å²) in [5.74, 6) is -0.597. The summed E-state index contributed by atoms with van der Waals surface area (Å²) < 4.78 is 0. The van der Waals surface area contributed by atoms with E-state index in [9.17, 15) is 14.7 Å². The van der Waals surface area contributed by atoms with Gasteiger partial charge in [-0.15, -0.1) is 0 Å². The minimum absolute atomic E-state index is 0.251. The van der Waals surface area contributed by atoms with Gasteiger partial charge in [-0.05, 0) is 25.5 Å². The third-order valence-corrected chi connectivity index (χ3v) is 2.91. The molecule has 16 heavy (non-hydrogen) atoms. The third kappa shape index (κ3) is 2.68. The molecule has 1 saturated heterocycles. The summed E-state index contributed by atoms with van der Waals surface area (Å²) in [6.07, 6.45) is 0.564. The summed E-state index contributed by atoms with van der Waals surface area (Å²) in [6, 6.07) is -0.462. The Bertz CT molecular complexity index is 314. The molecule has 1 aliphatic rings. The normalized spacial score (nSPS) is 23.1.